The first-order valence-electron chi connectivity index (χ1n) is 15.4. The van der Waals surface area contributed by atoms with E-state index < -0.39 is 20.6 Å². The SMILES string of the molecule is CCOP(=O)(OCC)C(CN1C/C(=C\c2ccc(N(C)C)cc2)C(=O)/C(=C/c2ccc(N(C)C)cc2)C1)P(=O)(OCC)OCC. The second kappa shape index (κ2) is 16.8. The van der Waals surface area contributed by atoms with Crippen molar-refractivity contribution in [1.29, 1.82) is 0 Å². The van der Waals surface area contributed by atoms with Crippen LogP contribution in [0.1, 0.15) is 38.8 Å². The third-order valence-corrected chi connectivity index (χ3v) is 13.2. The molecule has 0 atom stereocenters. The lowest BCUT2D eigenvalue weighted by atomic mass is 9.94. The fourth-order valence-corrected chi connectivity index (χ4v) is 10.4. The van der Waals surface area contributed by atoms with Crippen LogP contribution in [0, 0.1) is 0 Å². The normalized spacial score (nSPS) is 16.6. The van der Waals surface area contributed by atoms with Crippen LogP contribution >= 0.6 is 15.2 Å². The number of anilines is 2. The standard InChI is InChI=1S/C33H49N3O7P2/c1-9-40-44(38,41-10-2)32(45(39,42-11-3)43-12-4)25-36-23-28(21-26-13-17-30(18-14-26)34(5)6)33(37)29(24-36)22-27-15-19-31(20-16-27)35(7)8/h13-22,32H,9-12,23-25H2,1-8H3/b28-21+,29-22+. The van der Waals surface area contributed by atoms with Crippen molar-refractivity contribution in [3.8, 4) is 0 Å². The Morgan fingerprint density at radius 1 is 0.667 bits per heavy atom. The fourth-order valence-electron chi connectivity index (χ4n) is 5.12. The van der Waals surface area contributed by atoms with Crippen molar-refractivity contribution in [1.82, 2.24) is 4.90 Å². The highest BCUT2D eigenvalue weighted by Crippen LogP contribution is 2.70. The topological polar surface area (TPSA) is 97.9 Å². The van der Waals surface area contributed by atoms with Gasteiger partial charge in [0.05, 0.1) is 26.4 Å². The molecular weight excluding hydrogens is 612 g/mol. The van der Waals surface area contributed by atoms with E-state index in [1.165, 1.54) is 0 Å². The number of rotatable bonds is 16. The van der Waals surface area contributed by atoms with E-state index in [-0.39, 0.29) is 51.8 Å². The van der Waals surface area contributed by atoms with Gasteiger partial charge in [-0.25, -0.2) is 0 Å². The molecule has 0 spiro atoms. The number of likely N-dealkylation sites (tertiary alicyclic amines) is 1. The number of carbonyl (C=O) groups is 1. The van der Waals surface area contributed by atoms with E-state index in [9.17, 15) is 13.9 Å². The summed E-state index contributed by atoms with van der Waals surface area (Å²) in [6.45, 7) is 7.66. The average molecular weight is 662 g/mol. The Labute approximate surface area is 269 Å². The highest BCUT2D eigenvalue weighted by atomic mass is 31.2. The third kappa shape index (κ3) is 9.72. The molecule has 45 heavy (non-hydrogen) atoms. The molecule has 0 radical (unpaired) electrons. The Morgan fingerprint density at radius 3 is 1.29 bits per heavy atom. The number of hydrogen-bond acceptors (Lipinski definition) is 10. The minimum Gasteiger partial charge on any atom is -0.378 e. The second-order valence-corrected chi connectivity index (χ2v) is 15.9. The number of carbonyl (C=O) groups excluding carboxylic acids is 1. The van der Waals surface area contributed by atoms with E-state index in [4.69, 9.17) is 18.1 Å². The molecule has 0 N–H and O–H groups in total. The van der Waals surface area contributed by atoms with Gasteiger partial charge in [0, 0.05) is 70.3 Å². The Kier molecular flexibility index (Phi) is 13.8. The Morgan fingerprint density at radius 2 is 1.00 bits per heavy atom. The molecule has 12 heteroatoms. The van der Waals surface area contributed by atoms with Crippen LogP contribution in [0.15, 0.2) is 59.7 Å². The predicted molar refractivity (Wildman–Crippen MR) is 184 cm³/mol. The minimum absolute atomic E-state index is 0.00432. The van der Waals surface area contributed by atoms with Crippen molar-refractivity contribution in [3.05, 3.63) is 70.8 Å². The molecule has 1 saturated heterocycles. The smallest absolute Gasteiger partial charge is 0.347 e. The predicted octanol–water partition coefficient (Wildman–Crippen LogP) is 7.03. The number of benzene rings is 2. The molecule has 1 fully saturated rings. The van der Waals surface area contributed by atoms with Crippen molar-refractivity contribution in [3.63, 3.8) is 0 Å². The molecule has 0 saturated carbocycles. The van der Waals surface area contributed by atoms with Crippen molar-refractivity contribution in [2.45, 2.75) is 33.1 Å². The summed E-state index contributed by atoms with van der Waals surface area (Å²) in [5, 5.41) is -1.22. The van der Waals surface area contributed by atoms with Gasteiger partial charge < -0.3 is 27.9 Å². The van der Waals surface area contributed by atoms with E-state index in [0.29, 0.717) is 11.1 Å². The molecule has 0 bridgehead atoms. The van der Waals surface area contributed by atoms with E-state index in [0.717, 1.165) is 22.5 Å². The molecule has 0 aliphatic carbocycles. The molecule has 1 aliphatic heterocycles. The van der Waals surface area contributed by atoms with Gasteiger partial charge in [0.2, 0.25) is 0 Å². The zero-order valence-electron chi connectivity index (χ0n) is 27.9. The van der Waals surface area contributed by atoms with Crippen LogP contribution in [0.25, 0.3) is 12.2 Å². The van der Waals surface area contributed by atoms with Crippen molar-refractivity contribution < 1.29 is 32.0 Å². The summed E-state index contributed by atoms with van der Waals surface area (Å²) in [7, 11) is -0.0728. The Balaban J connectivity index is 2.11. The molecule has 0 aromatic heterocycles. The van der Waals surface area contributed by atoms with E-state index in [1.807, 2.05) is 104 Å². The van der Waals surface area contributed by atoms with Crippen molar-refractivity contribution >= 4 is 44.5 Å². The second-order valence-electron chi connectivity index (χ2n) is 11.0. The van der Waals surface area contributed by atoms with Crippen LogP contribution in [0.4, 0.5) is 11.4 Å². The summed E-state index contributed by atoms with van der Waals surface area (Å²) in [5.74, 6) is -0.0771. The van der Waals surface area contributed by atoms with Gasteiger partial charge in [-0.2, -0.15) is 0 Å². The molecule has 1 heterocycles. The largest absolute Gasteiger partial charge is 0.378 e. The fraction of sp³-hybridized carbons (Fsp3) is 0.485. The molecule has 248 valence electrons. The summed E-state index contributed by atoms with van der Waals surface area (Å²) in [5.41, 5.74) is 4.95. The van der Waals surface area contributed by atoms with Gasteiger partial charge >= 0.3 is 15.2 Å². The summed E-state index contributed by atoms with van der Waals surface area (Å²) < 4.78 is 51.4. The van der Waals surface area contributed by atoms with Gasteiger partial charge in [-0.1, -0.05) is 24.3 Å². The monoisotopic (exact) mass is 661 g/mol. The molecule has 0 amide bonds. The lowest BCUT2D eigenvalue weighted by Gasteiger charge is -2.37. The van der Waals surface area contributed by atoms with Crippen LogP contribution in [-0.2, 0) is 32.0 Å². The highest BCUT2D eigenvalue weighted by molar-refractivity contribution is 7.72. The minimum atomic E-state index is -3.98. The quantitative estimate of drug-likeness (QED) is 0.138. The number of nitrogens with zero attached hydrogens (tertiary/aromatic N) is 3. The summed E-state index contributed by atoms with van der Waals surface area (Å²) in [4.78, 5) is 19.9. The molecule has 2 aromatic rings. The molecule has 0 unspecified atom stereocenters. The Hall–Kier alpha value is -2.55. The van der Waals surface area contributed by atoms with Crippen LogP contribution in [0.5, 0.6) is 0 Å². The lowest BCUT2D eigenvalue weighted by Crippen LogP contribution is -2.42. The maximum absolute atomic E-state index is 14.3. The molecule has 1 aliphatic rings. The first-order chi connectivity index (χ1) is 21.4. The summed E-state index contributed by atoms with van der Waals surface area (Å²) >= 11 is 0. The van der Waals surface area contributed by atoms with E-state index in [1.54, 1.807) is 27.7 Å². The third-order valence-electron chi connectivity index (χ3n) is 7.26. The maximum atomic E-state index is 14.3. The molecule has 10 nitrogen and oxygen atoms in total. The first kappa shape index (κ1) is 36.9. The number of piperidine rings is 1. The first-order valence-corrected chi connectivity index (χ1v) is 18.6. The zero-order chi connectivity index (χ0) is 33.2. The summed E-state index contributed by atoms with van der Waals surface area (Å²) in [6.07, 6.45) is 3.75. The maximum Gasteiger partial charge on any atom is 0.347 e. The Bertz CT molecular complexity index is 1300. The highest BCUT2D eigenvalue weighted by Gasteiger charge is 2.52. The number of Topliss-reactive ketones (excluding diaryl/α,β-unsaturated/α-hetero) is 1. The van der Waals surface area contributed by atoms with E-state index in [2.05, 4.69) is 0 Å². The van der Waals surface area contributed by atoms with Crippen LogP contribution in [-0.4, -0.2) is 90.3 Å². The van der Waals surface area contributed by atoms with Crippen LogP contribution < -0.4 is 9.80 Å². The number of ketones is 1. The molecular formula is C33H49N3O7P2. The van der Waals surface area contributed by atoms with Gasteiger partial charge in [-0.3, -0.25) is 18.8 Å². The van der Waals surface area contributed by atoms with Crippen molar-refractivity contribution in [2.24, 2.45) is 0 Å². The number of hydrogen-bond donors (Lipinski definition) is 0. The van der Waals surface area contributed by atoms with Crippen molar-refractivity contribution in [2.75, 3.05) is 84.1 Å². The zero-order valence-corrected chi connectivity index (χ0v) is 29.7. The van der Waals surface area contributed by atoms with Gasteiger partial charge in [0.25, 0.3) is 0 Å². The van der Waals surface area contributed by atoms with Gasteiger partial charge in [-0.05, 0) is 75.2 Å². The lowest BCUT2D eigenvalue weighted by molar-refractivity contribution is -0.113. The summed E-state index contributed by atoms with van der Waals surface area (Å²) in [6, 6.07) is 15.9. The van der Waals surface area contributed by atoms with Gasteiger partial charge in [-0.15, -0.1) is 0 Å². The van der Waals surface area contributed by atoms with Gasteiger partial charge in [0.15, 0.2) is 11.2 Å². The molecule has 2 aromatic carbocycles. The average Bonchev–Trinajstić information content (AvgIpc) is 2.99. The van der Waals surface area contributed by atoms with Crippen LogP contribution in [0.3, 0.4) is 0 Å². The molecule has 3 rings (SSSR count). The van der Waals surface area contributed by atoms with Crippen LogP contribution in [0.2, 0.25) is 0 Å². The van der Waals surface area contributed by atoms with E-state index >= 15 is 0 Å². The van der Waals surface area contributed by atoms with Gasteiger partial charge in [0.1, 0.15) is 0 Å².